The summed E-state index contributed by atoms with van der Waals surface area (Å²) in [4.78, 5) is 72.1. The van der Waals surface area contributed by atoms with Crippen LogP contribution >= 0.6 is 15.6 Å². The SMILES string of the molecule is CCCCCCCCCCCCCCCCCCCCCC(=O)O[C@H](COC(=O)CCCCCCCCCCCC)COP(=O)(O)OC[C@@H](O)COP(=O)(O)OC[C@@H](COC(=O)CCCCCCCCCC)OC(=O)CCCCCCCCCC. The van der Waals surface area contributed by atoms with Crippen LogP contribution in [0.15, 0.2) is 0 Å². The fraction of sp³-hybridized carbons (Fsp3) is 0.939. The molecule has 0 saturated heterocycles. The summed E-state index contributed by atoms with van der Waals surface area (Å²) in [5.41, 5.74) is 0. The number of aliphatic hydroxyl groups excluding tert-OH is 1. The molecule has 504 valence electrons. The fourth-order valence-electron chi connectivity index (χ4n) is 9.99. The van der Waals surface area contributed by atoms with Crippen molar-refractivity contribution in [3.63, 3.8) is 0 Å². The van der Waals surface area contributed by atoms with Gasteiger partial charge in [0.05, 0.1) is 26.4 Å². The Morgan fingerprint density at radius 1 is 0.282 bits per heavy atom. The molecule has 3 N–H and O–H groups in total. The van der Waals surface area contributed by atoms with Gasteiger partial charge in [-0.05, 0) is 25.7 Å². The summed E-state index contributed by atoms with van der Waals surface area (Å²) in [6.45, 7) is 4.85. The monoisotopic (exact) mass is 1250 g/mol. The minimum absolute atomic E-state index is 0.105. The van der Waals surface area contributed by atoms with Crippen LogP contribution in [0, 0.1) is 0 Å². The number of esters is 4. The van der Waals surface area contributed by atoms with E-state index in [2.05, 4.69) is 27.7 Å². The minimum atomic E-state index is -4.94. The Balaban J connectivity index is 5.13. The summed E-state index contributed by atoms with van der Waals surface area (Å²) in [6, 6.07) is 0. The summed E-state index contributed by atoms with van der Waals surface area (Å²) in [5, 5.41) is 10.5. The summed E-state index contributed by atoms with van der Waals surface area (Å²) in [7, 11) is -9.88. The van der Waals surface area contributed by atoms with Crippen molar-refractivity contribution in [2.24, 2.45) is 0 Å². The number of aliphatic hydroxyl groups is 1. The smallest absolute Gasteiger partial charge is 0.462 e. The van der Waals surface area contributed by atoms with Gasteiger partial charge in [-0.2, -0.15) is 0 Å². The number of phosphoric acid groups is 2. The zero-order valence-corrected chi connectivity index (χ0v) is 56.4. The molecule has 0 spiro atoms. The third kappa shape index (κ3) is 60.7. The maximum atomic E-state index is 13.0. The lowest BCUT2D eigenvalue weighted by atomic mass is 10.0. The third-order valence-corrected chi connectivity index (χ3v) is 17.3. The lowest BCUT2D eigenvalue weighted by molar-refractivity contribution is -0.161. The molecule has 0 aromatic rings. The Kier molecular flexibility index (Phi) is 59.6. The van der Waals surface area contributed by atoms with Crippen molar-refractivity contribution < 1.29 is 80.2 Å². The zero-order chi connectivity index (χ0) is 62.6. The van der Waals surface area contributed by atoms with E-state index in [-0.39, 0.29) is 25.7 Å². The highest BCUT2D eigenvalue weighted by molar-refractivity contribution is 7.47. The van der Waals surface area contributed by atoms with Crippen molar-refractivity contribution in [2.75, 3.05) is 39.6 Å². The van der Waals surface area contributed by atoms with Crippen LogP contribution in [-0.4, -0.2) is 96.7 Å². The fourth-order valence-corrected chi connectivity index (χ4v) is 11.6. The lowest BCUT2D eigenvalue weighted by Crippen LogP contribution is -2.30. The number of ether oxygens (including phenoxy) is 4. The first kappa shape index (κ1) is 83.1. The van der Waals surface area contributed by atoms with E-state index in [4.69, 9.17) is 37.0 Å². The first-order valence-corrected chi connectivity index (χ1v) is 37.8. The predicted octanol–water partition coefficient (Wildman–Crippen LogP) is 18.7. The third-order valence-electron chi connectivity index (χ3n) is 15.4. The van der Waals surface area contributed by atoms with E-state index in [1.807, 2.05) is 0 Å². The maximum absolute atomic E-state index is 13.0. The quantitative estimate of drug-likeness (QED) is 0.0222. The van der Waals surface area contributed by atoms with E-state index in [9.17, 15) is 43.2 Å². The molecule has 0 radical (unpaired) electrons. The summed E-state index contributed by atoms with van der Waals surface area (Å²) in [6.07, 6.45) is 47.4. The molecule has 19 heteroatoms. The maximum Gasteiger partial charge on any atom is 0.472 e. The second kappa shape index (κ2) is 60.9. The Labute approximate surface area is 517 Å². The molecule has 0 bridgehead atoms. The van der Waals surface area contributed by atoms with E-state index in [0.717, 1.165) is 103 Å². The molecule has 0 aliphatic rings. The first-order chi connectivity index (χ1) is 41.2. The Morgan fingerprint density at radius 3 is 0.694 bits per heavy atom. The highest BCUT2D eigenvalue weighted by atomic mass is 31.2. The first-order valence-electron chi connectivity index (χ1n) is 34.8. The highest BCUT2D eigenvalue weighted by Gasteiger charge is 2.30. The van der Waals surface area contributed by atoms with Gasteiger partial charge in [-0.15, -0.1) is 0 Å². The van der Waals surface area contributed by atoms with Gasteiger partial charge in [-0.1, -0.05) is 291 Å². The highest BCUT2D eigenvalue weighted by Crippen LogP contribution is 2.45. The van der Waals surface area contributed by atoms with Crippen molar-refractivity contribution in [2.45, 2.75) is 361 Å². The molecule has 0 amide bonds. The molecule has 0 rings (SSSR count). The summed E-state index contributed by atoms with van der Waals surface area (Å²) >= 11 is 0. The number of rotatable bonds is 67. The van der Waals surface area contributed by atoms with Gasteiger partial charge in [0.1, 0.15) is 19.3 Å². The molecule has 0 aromatic carbocycles. The molecule has 0 aromatic heterocycles. The molecule has 0 saturated carbocycles. The molecule has 5 atom stereocenters. The second-order valence-corrected chi connectivity index (χ2v) is 26.8. The molecule has 0 aliphatic heterocycles. The summed E-state index contributed by atoms with van der Waals surface area (Å²) in [5.74, 6) is -2.13. The van der Waals surface area contributed by atoms with Gasteiger partial charge in [0.15, 0.2) is 12.2 Å². The van der Waals surface area contributed by atoms with Gasteiger partial charge in [-0.25, -0.2) is 9.13 Å². The van der Waals surface area contributed by atoms with Crippen LogP contribution in [0.4, 0.5) is 0 Å². The molecular formula is C66H128O17P2. The van der Waals surface area contributed by atoms with Crippen LogP contribution in [0.25, 0.3) is 0 Å². The molecule has 2 unspecified atom stereocenters. The van der Waals surface area contributed by atoms with Gasteiger partial charge >= 0.3 is 39.5 Å². The van der Waals surface area contributed by atoms with Crippen molar-refractivity contribution in [1.82, 2.24) is 0 Å². The predicted molar refractivity (Wildman–Crippen MR) is 340 cm³/mol. The van der Waals surface area contributed by atoms with Gasteiger partial charge in [0.2, 0.25) is 0 Å². The molecule has 0 aliphatic carbocycles. The lowest BCUT2D eigenvalue weighted by Gasteiger charge is -2.21. The van der Waals surface area contributed by atoms with Gasteiger partial charge in [0.25, 0.3) is 0 Å². The Bertz CT molecular complexity index is 1640. The van der Waals surface area contributed by atoms with E-state index < -0.39 is 97.5 Å². The molecular weight excluding hydrogens is 1130 g/mol. The number of unbranched alkanes of at least 4 members (excludes halogenated alkanes) is 41. The van der Waals surface area contributed by atoms with Crippen LogP contribution in [0.5, 0.6) is 0 Å². The Hall–Kier alpha value is -1.94. The van der Waals surface area contributed by atoms with Crippen molar-refractivity contribution in [3.8, 4) is 0 Å². The van der Waals surface area contributed by atoms with Gasteiger partial charge in [0, 0.05) is 25.7 Å². The Morgan fingerprint density at radius 2 is 0.471 bits per heavy atom. The standard InChI is InChI=1S/C66H128O17P2/c1-5-9-13-17-21-25-27-28-29-30-31-32-33-34-35-37-41-45-49-53-66(71)83-62(57-77-64(69)51-47-43-40-36-26-22-18-14-10-6-2)59-81-85(74,75)79-55-60(67)54-78-84(72,73)80-58-61(82-65(70)52-48-44-39-24-20-16-12-8-4)56-76-63(68)50-46-42-38-23-19-15-11-7-3/h60-62,67H,5-59H2,1-4H3,(H,72,73)(H,74,75)/t60-,61+,62+/m0/s1. The van der Waals surface area contributed by atoms with Gasteiger partial charge < -0.3 is 33.8 Å². The number of carbonyl (C=O) groups excluding carboxylic acids is 4. The van der Waals surface area contributed by atoms with Crippen molar-refractivity contribution >= 4 is 39.5 Å². The number of hydrogen-bond acceptors (Lipinski definition) is 15. The van der Waals surface area contributed by atoms with Crippen LogP contribution in [-0.2, 0) is 65.4 Å². The van der Waals surface area contributed by atoms with Crippen LogP contribution < -0.4 is 0 Å². The van der Waals surface area contributed by atoms with E-state index >= 15 is 0 Å². The average Bonchev–Trinajstić information content (AvgIpc) is 3.61. The summed E-state index contributed by atoms with van der Waals surface area (Å²) < 4.78 is 67.9. The zero-order valence-electron chi connectivity index (χ0n) is 54.6. The van der Waals surface area contributed by atoms with Crippen LogP contribution in [0.2, 0.25) is 0 Å². The van der Waals surface area contributed by atoms with Crippen LogP contribution in [0.3, 0.4) is 0 Å². The molecule has 0 heterocycles. The largest absolute Gasteiger partial charge is 0.472 e. The van der Waals surface area contributed by atoms with E-state index in [1.165, 1.54) is 161 Å². The number of hydrogen-bond donors (Lipinski definition) is 3. The molecule has 85 heavy (non-hydrogen) atoms. The van der Waals surface area contributed by atoms with Crippen molar-refractivity contribution in [3.05, 3.63) is 0 Å². The number of phosphoric ester groups is 2. The van der Waals surface area contributed by atoms with E-state index in [0.29, 0.717) is 25.7 Å². The molecule has 0 fully saturated rings. The van der Waals surface area contributed by atoms with Crippen molar-refractivity contribution in [1.29, 1.82) is 0 Å². The topological polar surface area (TPSA) is 237 Å². The number of carbonyl (C=O) groups is 4. The van der Waals surface area contributed by atoms with E-state index in [1.54, 1.807) is 0 Å². The minimum Gasteiger partial charge on any atom is -0.462 e. The molecule has 17 nitrogen and oxygen atoms in total. The second-order valence-electron chi connectivity index (χ2n) is 23.9. The van der Waals surface area contributed by atoms with Crippen LogP contribution in [0.1, 0.15) is 342 Å². The normalized spacial score (nSPS) is 14.1. The van der Waals surface area contributed by atoms with Gasteiger partial charge in [-0.3, -0.25) is 37.3 Å². The average molecular weight is 1260 g/mol.